The van der Waals surface area contributed by atoms with Gasteiger partial charge in [0.25, 0.3) is 0 Å². The van der Waals surface area contributed by atoms with Crippen LogP contribution in [0.25, 0.3) is 11.5 Å². The number of rotatable bonds is 5. The van der Waals surface area contributed by atoms with Crippen LogP contribution in [0.15, 0.2) is 97.2 Å². The molecule has 0 fully saturated rings. The van der Waals surface area contributed by atoms with E-state index in [-0.39, 0.29) is 12.1 Å². The lowest BCUT2D eigenvalue weighted by Crippen LogP contribution is -2.38. The molecule has 2 amide bonds. The fourth-order valence-corrected chi connectivity index (χ4v) is 5.16. The second kappa shape index (κ2) is 10.1. The quantitative estimate of drug-likeness (QED) is 0.303. The summed E-state index contributed by atoms with van der Waals surface area (Å²) in [7, 11) is 3.27. The number of nitrogens with zero attached hydrogens (tertiary/aromatic N) is 4. The first-order valence-corrected chi connectivity index (χ1v) is 12.7. The summed E-state index contributed by atoms with van der Waals surface area (Å²) in [5, 5.41) is 8.00. The second-order valence-corrected chi connectivity index (χ2v) is 9.40. The number of methoxy groups -OCH3 is 2. The molecule has 0 bridgehead atoms. The van der Waals surface area contributed by atoms with Gasteiger partial charge in [0.05, 0.1) is 43.9 Å². The molecule has 2 aromatic heterocycles. The normalized spacial score (nSPS) is 14.2. The molecular formula is C31H29N5O3. The Labute approximate surface area is 227 Å². The third-order valence-corrected chi connectivity index (χ3v) is 7.12. The SMILES string of the molecule is COc1ccc(NC(=O)N2Cc3c(C)nn(-c4ccccc4)c3-n3cccc3[C@@H]2c2ccc(OC)cc2)cc1. The van der Waals surface area contributed by atoms with Crippen molar-refractivity contribution < 1.29 is 14.3 Å². The summed E-state index contributed by atoms with van der Waals surface area (Å²) in [6.45, 7) is 2.36. The first-order chi connectivity index (χ1) is 19.1. The summed E-state index contributed by atoms with van der Waals surface area (Å²) in [5.41, 5.74) is 5.43. The van der Waals surface area contributed by atoms with Gasteiger partial charge in [-0.25, -0.2) is 9.48 Å². The number of urea groups is 1. The number of aromatic nitrogens is 3. The van der Waals surface area contributed by atoms with Crippen molar-refractivity contribution >= 4 is 11.7 Å². The molecule has 0 radical (unpaired) electrons. The van der Waals surface area contributed by atoms with Crippen LogP contribution >= 0.6 is 0 Å². The number of aryl methyl sites for hydroxylation is 1. The molecule has 0 saturated heterocycles. The molecule has 0 aliphatic carbocycles. The molecule has 0 unspecified atom stereocenters. The predicted octanol–water partition coefficient (Wildman–Crippen LogP) is 6.13. The lowest BCUT2D eigenvalue weighted by Gasteiger charge is -2.31. The van der Waals surface area contributed by atoms with E-state index in [0.29, 0.717) is 12.2 Å². The molecule has 196 valence electrons. The maximum atomic E-state index is 14.0. The number of amides is 2. The zero-order chi connectivity index (χ0) is 26.9. The van der Waals surface area contributed by atoms with E-state index >= 15 is 0 Å². The van der Waals surface area contributed by atoms with Crippen molar-refractivity contribution in [3.63, 3.8) is 0 Å². The molecule has 5 aromatic rings. The topological polar surface area (TPSA) is 73.5 Å². The van der Waals surface area contributed by atoms with E-state index < -0.39 is 0 Å². The van der Waals surface area contributed by atoms with E-state index in [0.717, 1.165) is 45.5 Å². The average molecular weight is 520 g/mol. The Hall–Kier alpha value is -4.98. The van der Waals surface area contributed by atoms with E-state index in [1.165, 1.54) is 0 Å². The molecule has 8 heteroatoms. The smallest absolute Gasteiger partial charge is 0.322 e. The number of carbonyl (C=O) groups excluding carboxylic acids is 1. The van der Waals surface area contributed by atoms with Crippen molar-refractivity contribution in [2.24, 2.45) is 0 Å². The van der Waals surface area contributed by atoms with Crippen molar-refractivity contribution in [2.75, 3.05) is 19.5 Å². The van der Waals surface area contributed by atoms with Gasteiger partial charge in [-0.15, -0.1) is 0 Å². The van der Waals surface area contributed by atoms with E-state index in [1.807, 2.05) is 108 Å². The first-order valence-electron chi connectivity index (χ1n) is 12.7. The standard InChI is InChI=1S/C31H29N5O3/c1-21-27-20-35(31(37)32-23-13-17-26(39-3)18-14-23)29(22-11-15-25(38-2)16-12-22)28-10-7-19-34(28)30(27)36(33-21)24-8-5-4-6-9-24/h4-19,29H,20H2,1-3H3,(H,32,37)/t29-/m0/s1. The number of hydrogen-bond donors (Lipinski definition) is 1. The van der Waals surface area contributed by atoms with Gasteiger partial charge in [0.2, 0.25) is 0 Å². The molecule has 8 nitrogen and oxygen atoms in total. The highest BCUT2D eigenvalue weighted by molar-refractivity contribution is 5.90. The van der Waals surface area contributed by atoms with E-state index in [2.05, 4.69) is 16.0 Å². The molecule has 1 N–H and O–H groups in total. The Morgan fingerprint density at radius 1 is 0.872 bits per heavy atom. The highest BCUT2D eigenvalue weighted by atomic mass is 16.5. The van der Waals surface area contributed by atoms with Gasteiger partial charge < -0.3 is 24.3 Å². The fourth-order valence-electron chi connectivity index (χ4n) is 5.16. The van der Waals surface area contributed by atoms with E-state index in [4.69, 9.17) is 14.6 Å². The molecule has 1 aliphatic rings. The van der Waals surface area contributed by atoms with Gasteiger partial charge in [-0.2, -0.15) is 5.10 Å². The maximum Gasteiger partial charge on any atom is 0.322 e. The minimum absolute atomic E-state index is 0.214. The van der Waals surface area contributed by atoms with Crippen LogP contribution in [-0.2, 0) is 6.54 Å². The minimum Gasteiger partial charge on any atom is -0.497 e. The van der Waals surface area contributed by atoms with Gasteiger partial charge in [-0.3, -0.25) is 0 Å². The van der Waals surface area contributed by atoms with Gasteiger partial charge in [0, 0.05) is 17.4 Å². The number of ether oxygens (including phenoxy) is 2. The summed E-state index contributed by atoms with van der Waals surface area (Å²) < 4.78 is 14.8. The number of para-hydroxylation sites is 1. The van der Waals surface area contributed by atoms with Crippen LogP contribution in [0.2, 0.25) is 0 Å². The van der Waals surface area contributed by atoms with E-state index in [9.17, 15) is 4.79 Å². The highest BCUT2D eigenvalue weighted by Gasteiger charge is 2.36. The lowest BCUT2D eigenvalue weighted by atomic mass is 10.0. The largest absolute Gasteiger partial charge is 0.497 e. The van der Waals surface area contributed by atoms with Gasteiger partial charge >= 0.3 is 6.03 Å². The minimum atomic E-state index is -0.361. The number of anilines is 1. The molecule has 0 saturated carbocycles. The Kier molecular flexibility index (Phi) is 6.28. The monoisotopic (exact) mass is 519 g/mol. The fraction of sp³-hybridized carbons (Fsp3) is 0.161. The summed E-state index contributed by atoms with van der Waals surface area (Å²) in [4.78, 5) is 15.9. The van der Waals surface area contributed by atoms with Crippen LogP contribution < -0.4 is 14.8 Å². The third-order valence-electron chi connectivity index (χ3n) is 7.12. The van der Waals surface area contributed by atoms with Gasteiger partial charge in [-0.1, -0.05) is 30.3 Å². The van der Waals surface area contributed by atoms with Crippen molar-refractivity contribution in [3.05, 3.63) is 120 Å². The predicted molar refractivity (Wildman–Crippen MR) is 150 cm³/mol. The van der Waals surface area contributed by atoms with Crippen molar-refractivity contribution in [1.82, 2.24) is 19.2 Å². The van der Waals surface area contributed by atoms with Crippen LogP contribution in [0.4, 0.5) is 10.5 Å². The summed E-state index contributed by atoms with van der Waals surface area (Å²) in [6, 6.07) is 28.8. The average Bonchev–Trinajstić information content (AvgIpc) is 3.54. The molecule has 0 spiro atoms. The van der Waals surface area contributed by atoms with Crippen LogP contribution in [0.3, 0.4) is 0 Å². The first kappa shape index (κ1) is 24.4. The Bertz CT molecular complexity index is 1600. The summed E-state index contributed by atoms with van der Waals surface area (Å²) >= 11 is 0. The second-order valence-electron chi connectivity index (χ2n) is 9.40. The molecular weight excluding hydrogens is 490 g/mol. The summed E-state index contributed by atoms with van der Waals surface area (Å²) in [5.74, 6) is 2.41. The Morgan fingerprint density at radius 2 is 1.54 bits per heavy atom. The molecule has 3 aromatic carbocycles. The molecule has 6 rings (SSSR count). The van der Waals surface area contributed by atoms with Crippen molar-refractivity contribution in [1.29, 1.82) is 0 Å². The van der Waals surface area contributed by atoms with Crippen molar-refractivity contribution in [2.45, 2.75) is 19.5 Å². The van der Waals surface area contributed by atoms with Gasteiger partial charge in [-0.05, 0) is 73.2 Å². The van der Waals surface area contributed by atoms with Crippen LogP contribution in [-0.4, -0.2) is 39.5 Å². The molecule has 3 heterocycles. The lowest BCUT2D eigenvalue weighted by molar-refractivity contribution is 0.194. The van der Waals surface area contributed by atoms with Crippen LogP contribution in [0.1, 0.15) is 28.6 Å². The van der Waals surface area contributed by atoms with Gasteiger partial charge in [0.15, 0.2) is 0 Å². The zero-order valence-electron chi connectivity index (χ0n) is 22.0. The molecule has 39 heavy (non-hydrogen) atoms. The Morgan fingerprint density at radius 3 is 2.21 bits per heavy atom. The Balaban J connectivity index is 1.50. The maximum absolute atomic E-state index is 14.0. The summed E-state index contributed by atoms with van der Waals surface area (Å²) in [6.07, 6.45) is 2.04. The van der Waals surface area contributed by atoms with Crippen LogP contribution in [0, 0.1) is 6.92 Å². The van der Waals surface area contributed by atoms with Crippen molar-refractivity contribution in [3.8, 4) is 23.0 Å². The molecule has 1 aliphatic heterocycles. The molecule has 1 atom stereocenters. The van der Waals surface area contributed by atoms with Crippen LogP contribution in [0.5, 0.6) is 11.5 Å². The highest BCUT2D eigenvalue weighted by Crippen LogP contribution is 2.39. The number of benzene rings is 3. The number of hydrogen-bond acceptors (Lipinski definition) is 4. The third kappa shape index (κ3) is 4.40. The number of carbonyl (C=O) groups is 1. The number of fused-ring (bicyclic) bond motifs is 3. The van der Waals surface area contributed by atoms with Gasteiger partial charge in [0.1, 0.15) is 17.3 Å². The number of nitrogens with one attached hydrogen (secondary N) is 1. The van der Waals surface area contributed by atoms with E-state index in [1.54, 1.807) is 14.2 Å². The zero-order valence-corrected chi connectivity index (χ0v) is 22.0.